The van der Waals surface area contributed by atoms with Gasteiger partial charge < -0.3 is 14.8 Å². The van der Waals surface area contributed by atoms with Crippen molar-refractivity contribution in [3.8, 4) is 11.5 Å². The Hall–Kier alpha value is -1.73. The summed E-state index contributed by atoms with van der Waals surface area (Å²) >= 11 is 5.91. The van der Waals surface area contributed by atoms with Gasteiger partial charge in [0.25, 0.3) is 0 Å². The molecule has 0 atom stereocenters. The first-order chi connectivity index (χ1) is 10.9. The lowest BCUT2D eigenvalue weighted by Gasteiger charge is -2.35. The van der Waals surface area contributed by atoms with Gasteiger partial charge >= 0.3 is 6.01 Å². The van der Waals surface area contributed by atoms with E-state index in [-0.39, 0.29) is 44.1 Å². The maximum absolute atomic E-state index is 13.2. The molecule has 1 aromatic carbocycles. The summed E-state index contributed by atoms with van der Waals surface area (Å²) in [5.41, 5.74) is -0.513. The van der Waals surface area contributed by atoms with Crippen LogP contribution in [-0.2, 0) is 0 Å². The SMILES string of the molecule is OC1(CNc2nnc(-c3cccc(Cl)c3)o2)CCC(F)(F)CC1. The Morgan fingerprint density at radius 3 is 2.65 bits per heavy atom. The van der Waals surface area contributed by atoms with Crippen LogP contribution in [0, 0.1) is 0 Å². The summed E-state index contributed by atoms with van der Waals surface area (Å²) in [5.74, 6) is -2.40. The number of nitrogens with one attached hydrogen (secondary N) is 1. The second-order valence-corrected chi connectivity index (χ2v) is 6.29. The average molecular weight is 344 g/mol. The minimum absolute atomic E-state index is 0.0300. The van der Waals surface area contributed by atoms with E-state index in [4.69, 9.17) is 16.0 Å². The monoisotopic (exact) mass is 343 g/mol. The van der Waals surface area contributed by atoms with Crippen LogP contribution >= 0.6 is 11.6 Å². The van der Waals surface area contributed by atoms with Crippen LogP contribution in [0.25, 0.3) is 11.5 Å². The predicted molar refractivity (Wildman–Crippen MR) is 81.6 cm³/mol. The number of rotatable bonds is 4. The van der Waals surface area contributed by atoms with Gasteiger partial charge in [0.1, 0.15) is 0 Å². The molecular formula is C15H16ClF2N3O2. The van der Waals surface area contributed by atoms with Crippen molar-refractivity contribution in [1.82, 2.24) is 10.2 Å². The Morgan fingerprint density at radius 1 is 1.22 bits per heavy atom. The number of benzene rings is 1. The molecule has 3 rings (SSSR count). The van der Waals surface area contributed by atoms with Crippen LogP contribution < -0.4 is 5.32 Å². The van der Waals surface area contributed by atoms with Gasteiger partial charge in [-0.25, -0.2) is 8.78 Å². The van der Waals surface area contributed by atoms with Crippen LogP contribution in [0.4, 0.5) is 14.8 Å². The minimum Gasteiger partial charge on any atom is -0.403 e. The fraction of sp³-hybridized carbons (Fsp3) is 0.467. The molecule has 1 aliphatic carbocycles. The summed E-state index contributed by atoms with van der Waals surface area (Å²) in [6, 6.07) is 7.09. The van der Waals surface area contributed by atoms with Crippen LogP contribution in [-0.4, -0.2) is 33.4 Å². The molecule has 2 N–H and O–H groups in total. The molecule has 1 aromatic heterocycles. The number of nitrogens with zero attached hydrogens (tertiary/aromatic N) is 2. The van der Waals surface area contributed by atoms with Crippen LogP contribution in [0.1, 0.15) is 25.7 Å². The number of halogens is 3. The summed E-state index contributed by atoms with van der Waals surface area (Å²) in [5, 5.41) is 21.4. The van der Waals surface area contributed by atoms with Crippen LogP contribution in [0.15, 0.2) is 28.7 Å². The van der Waals surface area contributed by atoms with Crippen molar-refractivity contribution < 1.29 is 18.3 Å². The van der Waals surface area contributed by atoms with Crippen LogP contribution in [0.3, 0.4) is 0 Å². The third kappa shape index (κ3) is 3.97. The molecule has 5 nitrogen and oxygen atoms in total. The van der Waals surface area contributed by atoms with E-state index in [0.717, 1.165) is 0 Å². The van der Waals surface area contributed by atoms with Crippen molar-refractivity contribution in [3.05, 3.63) is 29.3 Å². The lowest BCUT2D eigenvalue weighted by Crippen LogP contribution is -2.43. The number of hydrogen-bond acceptors (Lipinski definition) is 5. The molecule has 8 heteroatoms. The molecule has 0 amide bonds. The van der Waals surface area contributed by atoms with E-state index in [2.05, 4.69) is 15.5 Å². The van der Waals surface area contributed by atoms with Gasteiger partial charge in [-0.3, -0.25) is 0 Å². The molecule has 1 heterocycles. The number of alkyl halides is 2. The van der Waals surface area contributed by atoms with E-state index in [1.165, 1.54) is 0 Å². The zero-order chi connectivity index (χ0) is 16.5. The molecule has 1 fully saturated rings. The van der Waals surface area contributed by atoms with Gasteiger partial charge in [-0.05, 0) is 31.0 Å². The zero-order valence-electron chi connectivity index (χ0n) is 12.2. The van der Waals surface area contributed by atoms with Gasteiger partial charge in [-0.1, -0.05) is 22.8 Å². The van der Waals surface area contributed by atoms with Crippen molar-refractivity contribution in [3.63, 3.8) is 0 Å². The highest BCUT2D eigenvalue weighted by atomic mass is 35.5. The number of hydrogen-bond donors (Lipinski definition) is 2. The molecule has 124 valence electrons. The molecule has 1 saturated carbocycles. The van der Waals surface area contributed by atoms with Gasteiger partial charge in [0, 0.05) is 30.0 Å². The first-order valence-corrected chi connectivity index (χ1v) is 7.67. The van der Waals surface area contributed by atoms with Crippen molar-refractivity contribution in [2.75, 3.05) is 11.9 Å². The van der Waals surface area contributed by atoms with E-state index in [1.807, 2.05) is 0 Å². The summed E-state index contributed by atoms with van der Waals surface area (Å²) in [6.07, 6.45) is -0.573. The van der Waals surface area contributed by atoms with Crippen molar-refractivity contribution in [2.45, 2.75) is 37.2 Å². The lowest BCUT2D eigenvalue weighted by atomic mass is 9.83. The molecule has 0 spiro atoms. The summed E-state index contributed by atoms with van der Waals surface area (Å²) in [7, 11) is 0. The van der Waals surface area contributed by atoms with Gasteiger partial charge in [0.15, 0.2) is 0 Å². The third-order valence-corrected chi connectivity index (χ3v) is 4.21. The van der Waals surface area contributed by atoms with Gasteiger partial charge in [-0.15, -0.1) is 5.10 Å². The van der Waals surface area contributed by atoms with E-state index in [0.29, 0.717) is 10.6 Å². The maximum Gasteiger partial charge on any atom is 0.315 e. The number of aromatic nitrogens is 2. The second kappa shape index (κ2) is 6.05. The fourth-order valence-corrected chi connectivity index (χ4v) is 2.72. The summed E-state index contributed by atoms with van der Waals surface area (Å²) in [6.45, 7) is 0.0836. The summed E-state index contributed by atoms with van der Waals surface area (Å²) < 4.78 is 31.8. The first-order valence-electron chi connectivity index (χ1n) is 7.29. The largest absolute Gasteiger partial charge is 0.403 e. The Kier molecular flexibility index (Phi) is 4.25. The molecular weight excluding hydrogens is 328 g/mol. The molecule has 0 aliphatic heterocycles. The molecule has 1 aliphatic rings. The van der Waals surface area contributed by atoms with Crippen LogP contribution in [0.2, 0.25) is 5.02 Å². The van der Waals surface area contributed by atoms with Crippen molar-refractivity contribution >= 4 is 17.6 Å². The Balaban J connectivity index is 1.62. The third-order valence-electron chi connectivity index (χ3n) is 3.98. The predicted octanol–water partition coefficient (Wildman–Crippen LogP) is 3.74. The topological polar surface area (TPSA) is 71.2 Å². The molecule has 0 unspecified atom stereocenters. The smallest absolute Gasteiger partial charge is 0.315 e. The molecule has 0 radical (unpaired) electrons. The first kappa shape index (κ1) is 16.1. The highest BCUT2D eigenvalue weighted by molar-refractivity contribution is 6.30. The Labute approximate surface area is 136 Å². The fourth-order valence-electron chi connectivity index (χ4n) is 2.53. The van der Waals surface area contributed by atoms with E-state index in [9.17, 15) is 13.9 Å². The van der Waals surface area contributed by atoms with E-state index < -0.39 is 11.5 Å². The van der Waals surface area contributed by atoms with Crippen molar-refractivity contribution in [2.24, 2.45) is 0 Å². The van der Waals surface area contributed by atoms with Crippen molar-refractivity contribution in [1.29, 1.82) is 0 Å². The standard InChI is InChI=1S/C15H16ClF2N3O2/c16-11-3-1-2-10(8-11)12-20-21-13(23-12)19-9-14(22)4-6-15(17,18)7-5-14/h1-3,8,22H,4-7,9H2,(H,19,21). The normalized spacial score (nSPS) is 19.5. The highest BCUT2D eigenvalue weighted by Gasteiger charge is 2.42. The molecule has 0 saturated heterocycles. The summed E-state index contributed by atoms with van der Waals surface area (Å²) in [4.78, 5) is 0. The highest BCUT2D eigenvalue weighted by Crippen LogP contribution is 2.38. The van der Waals surface area contributed by atoms with Gasteiger partial charge in [-0.2, -0.15) is 0 Å². The van der Waals surface area contributed by atoms with Gasteiger partial charge in [0.05, 0.1) is 5.60 Å². The Morgan fingerprint density at radius 2 is 1.96 bits per heavy atom. The molecule has 2 aromatic rings. The average Bonchev–Trinajstić information content (AvgIpc) is 2.98. The second-order valence-electron chi connectivity index (χ2n) is 5.86. The van der Waals surface area contributed by atoms with Gasteiger partial charge in [0.2, 0.25) is 11.8 Å². The quantitative estimate of drug-likeness (QED) is 0.884. The van der Waals surface area contributed by atoms with E-state index >= 15 is 0 Å². The molecule has 0 bridgehead atoms. The lowest BCUT2D eigenvalue weighted by molar-refractivity contribution is -0.0978. The van der Waals surface area contributed by atoms with Crippen LogP contribution in [0.5, 0.6) is 0 Å². The maximum atomic E-state index is 13.2. The number of aliphatic hydroxyl groups is 1. The number of anilines is 1. The zero-order valence-corrected chi connectivity index (χ0v) is 13.0. The minimum atomic E-state index is -2.68. The molecule has 23 heavy (non-hydrogen) atoms. The Bertz CT molecular complexity index is 683. The van der Waals surface area contributed by atoms with E-state index in [1.54, 1.807) is 24.3 Å².